The number of hydrogen-bond donors (Lipinski definition) is 3. The van der Waals surface area contributed by atoms with Gasteiger partial charge in [-0.25, -0.2) is 19.5 Å². The van der Waals surface area contributed by atoms with E-state index in [1.165, 1.54) is 12.1 Å². The number of carboxylic acids is 1. The molecule has 1 aromatic carbocycles. The van der Waals surface area contributed by atoms with E-state index in [-0.39, 0.29) is 5.69 Å². The molecule has 0 saturated heterocycles. The van der Waals surface area contributed by atoms with Gasteiger partial charge in [0.25, 0.3) is 0 Å². The van der Waals surface area contributed by atoms with E-state index < -0.39 is 24.4 Å². The van der Waals surface area contributed by atoms with E-state index in [9.17, 15) is 14.0 Å². The SMILES string of the molecule is Cc1ccc(NC(=O)NOCC(=O)O)cc1F. The zero-order valence-electron chi connectivity index (χ0n) is 8.99. The van der Waals surface area contributed by atoms with Crippen molar-refractivity contribution in [2.45, 2.75) is 6.92 Å². The van der Waals surface area contributed by atoms with E-state index in [0.717, 1.165) is 6.07 Å². The topological polar surface area (TPSA) is 87.7 Å². The molecule has 1 aromatic rings. The summed E-state index contributed by atoms with van der Waals surface area (Å²) >= 11 is 0. The Morgan fingerprint density at radius 2 is 2.18 bits per heavy atom. The molecule has 6 nitrogen and oxygen atoms in total. The molecule has 3 N–H and O–H groups in total. The third-order valence-electron chi connectivity index (χ3n) is 1.79. The maximum atomic E-state index is 13.1. The summed E-state index contributed by atoms with van der Waals surface area (Å²) in [6, 6.07) is 3.37. The molecule has 2 amide bonds. The minimum Gasteiger partial charge on any atom is -0.479 e. The Bertz CT molecular complexity index is 436. The van der Waals surface area contributed by atoms with Gasteiger partial charge in [0.15, 0.2) is 6.61 Å². The summed E-state index contributed by atoms with van der Waals surface area (Å²) < 4.78 is 13.1. The van der Waals surface area contributed by atoms with E-state index in [2.05, 4.69) is 10.2 Å². The molecule has 0 aliphatic carbocycles. The molecule has 0 aromatic heterocycles. The molecule has 92 valence electrons. The molecule has 0 spiro atoms. The van der Waals surface area contributed by atoms with Crippen LogP contribution in [-0.2, 0) is 9.63 Å². The fourth-order valence-electron chi connectivity index (χ4n) is 0.991. The third-order valence-corrected chi connectivity index (χ3v) is 1.79. The first-order valence-corrected chi connectivity index (χ1v) is 4.66. The number of aliphatic carboxylic acids is 1. The van der Waals surface area contributed by atoms with Gasteiger partial charge in [-0.1, -0.05) is 6.07 Å². The Morgan fingerprint density at radius 3 is 2.76 bits per heavy atom. The van der Waals surface area contributed by atoms with Crippen LogP contribution in [0.5, 0.6) is 0 Å². The smallest absolute Gasteiger partial charge is 0.343 e. The Labute approximate surface area is 96.3 Å². The van der Waals surface area contributed by atoms with Crippen LogP contribution < -0.4 is 10.8 Å². The molecule has 0 bridgehead atoms. The van der Waals surface area contributed by atoms with E-state index in [4.69, 9.17) is 5.11 Å². The number of benzene rings is 1. The minimum absolute atomic E-state index is 0.240. The summed E-state index contributed by atoms with van der Waals surface area (Å²) in [6.07, 6.45) is 0. The van der Waals surface area contributed by atoms with Crippen LogP contribution in [0.15, 0.2) is 18.2 Å². The van der Waals surface area contributed by atoms with E-state index in [0.29, 0.717) is 5.56 Å². The number of anilines is 1. The summed E-state index contributed by atoms with van der Waals surface area (Å²) in [5.41, 5.74) is 2.54. The number of carboxylic acid groups (broad SMARTS) is 1. The minimum atomic E-state index is -1.22. The molecule has 7 heteroatoms. The first-order valence-electron chi connectivity index (χ1n) is 4.66. The zero-order chi connectivity index (χ0) is 12.8. The molecule has 0 aliphatic rings. The lowest BCUT2D eigenvalue weighted by atomic mass is 10.2. The zero-order valence-corrected chi connectivity index (χ0v) is 8.99. The highest BCUT2D eigenvalue weighted by molar-refractivity contribution is 5.88. The van der Waals surface area contributed by atoms with Gasteiger partial charge in [-0.2, -0.15) is 0 Å². The first kappa shape index (κ1) is 12.9. The summed E-state index contributed by atoms with van der Waals surface area (Å²) in [5.74, 6) is -1.67. The van der Waals surface area contributed by atoms with Crippen LogP contribution in [-0.4, -0.2) is 23.7 Å². The van der Waals surface area contributed by atoms with Crippen molar-refractivity contribution in [3.8, 4) is 0 Å². The van der Waals surface area contributed by atoms with Crippen molar-refractivity contribution >= 4 is 17.7 Å². The highest BCUT2D eigenvalue weighted by Gasteiger charge is 2.05. The lowest BCUT2D eigenvalue weighted by Gasteiger charge is -2.07. The van der Waals surface area contributed by atoms with Crippen LogP contribution in [0.25, 0.3) is 0 Å². The second-order valence-corrected chi connectivity index (χ2v) is 3.20. The number of carbonyl (C=O) groups is 2. The fraction of sp³-hybridized carbons (Fsp3) is 0.200. The number of rotatable bonds is 4. The lowest BCUT2D eigenvalue weighted by Crippen LogP contribution is -2.30. The molecule has 0 fully saturated rings. The average molecular weight is 242 g/mol. The maximum absolute atomic E-state index is 13.1. The number of nitrogens with one attached hydrogen (secondary N) is 2. The number of urea groups is 1. The van der Waals surface area contributed by atoms with Gasteiger partial charge < -0.3 is 10.4 Å². The highest BCUT2D eigenvalue weighted by Crippen LogP contribution is 2.13. The van der Waals surface area contributed by atoms with E-state index in [1.807, 2.05) is 5.48 Å². The Balaban J connectivity index is 2.45. The number of hydrogen-bond acceptors (Lipinski definition) is 3. The molecule has 0 atom stereocenters. The summed E-state index contributed by atoms with van der Waals surface area (Å²) in [4.78, 5) is 25.5. The molecule has 0 heterocycles. The van der Waals surface area contributed by atoms with Crippen LogP contribution in [0.4, 0.5) is 14.9 Å². The monoisotopic (exact) mass is 242 g/mol. The molecule has 0 unspecified atom stereocenters. The van der Waals surface area contributed by atoms with E-state index >= 15 is 0 Å². The van der Waals surface area contributed by atoms with Crippen molar-refractivity contribution in [1.82, 2.24) is 5.48 Å². The van der Waals surface area contributed by atoms with Crippen molar-refractivity contribution in [3.63, 3.8) is 0 Å². The summed E-state index contributed by atoms with van der Waals surface area (Å²) in [6.45, 7) is 0.935. The molecule has 0 saturated carbocycles. The maximum Gasteiger partial charge on any atom is 0.343 e. The van der Waals surface area contributed by atoms with Crippen LogP contribution in [0, 0.1) is 12.7 Å². The van der Waals surface area contributed by atoms with Crippen molar-refractivity contribution < 1.29 is 23.9 Å². The Hall–Kier alpha value is -2.15. The highest BCUT2D eigenvalue weighted by atomic mass is 19.1. The van der Waals surface area contributed by atoms with Crippen LogP contribution in [0.3, 0.4) is 0 Å². The second-order valence-electron chi connectivity index (χ2n) is 3.20. The molecule has 17 heavy (non-hydrogen) atoms. The number of carbonyl (C=O) groups excluding carboxylic acids is 1. The Kier molecular flexibility index (Phi) is 4.41. The largest absolute Gasteiger partial charge is 0.479 e. The van der Waals surface area contributed by atoms with Gasteiger partial charge in [0, 0.05) is 5.69 Å². The van der Waals surface area contributed by atoms with Crippen molar-refractivity contribution in [1.29, 1.82) is 0 Å². The lowest BCUT2D eigenvalue weighted by molar-refractivity contribution is -0.143. The van der Waals surface area contributed by atoms with Crippen molar-refractivity contribution in [2.24, 2.45) is 0 Å². The molecular weight excluding hydrogens is 231 g/mol. The Morgan fingerprint density at radius 1 is 1.47 bits per heavy atom. The molecule has 0 radical (unpaired) electrons. The summed E-state index contributed by atoms with van der Waals surface area (Å²) in [7, 11) is 0. The summed E-state index contributed by atoms with van der Waals surface area (Å²) in [5, 5.41) is 10.5. The number of halogens is 1. The van der Waals surface area contributed by atoms with Crippen LogP contribution in [0.2, 0.25) is 0 Å². The van der Waals surface area contributed by atoms with Crippen molar-refractivity contribution in [2.75, 3.05) is 11.9 Å². The van der Waals surface area contributed by atoms with Gasteiger partial charge in [0.05, 0.1) is 0 Å². The van der Waals surface area contributed by atoms with Gasteiger partial charge in [-0.15, -0.1) is 0 Å². The van der Waals surface area contributed by atoms with Gasteiger partial charge in [-0.05, 0) is 24.6 Å². The van der Waals surface area contributed by atoms with Gasteiger partial charge in [-0.3, -0.25) is 4.84 Å². The standard InChI is InChI=1S/C10H11FN2O4/c1-6-2-3-7(4-8(6)11)12-10(16)13-17-5-9(14)15/h2-4H,5H2,1H3,(H,14,15)(H2,12,13,16). The van der Waals surface area contributed by atoms with Gasteiger partial charge in [0.1, 0.15) is 5.82 Å². The normalized spacial score (nSPS) is 9.76. The molecule has 0 aliphatic heterocycles. The van der Waals surface area contributed by atoms with E-state index in [1.54, 1.807) is 6.92 Å². The number of aryl methyl sites for hydroxylation is 1. The van der Waals surface area contributed by atoms with Crippen LogP contribution >= 0.6 is 0 Å². The first-order chi connectivity index (χ1) is 7.99. The average Bonchev–Trinajstić information content (AvgIpc) is 2.23. The quantitative estimate of drug-likeness (QED) is 0.694. The van der Waals surface area contributed by atoms with Gasteiger partial charge >= 0.3 is 12.0 Å². The number of amides is 2. The fourth-order valence-corrected chi connectivity index (χ4v) is 0.991. The van der Waals surface area contributed by atoms with Gasteiger partial charge in [0.2, 0.25) is 0 Å². The second kappa shape index (κ2) is 5.80. The molecular formula is C10H11FN2O4. The predicted molar refractivity (Wildman–Crippen MR) is 56.9 cm³/mol. The van der Waals surface area contributed by atoms with Crippen LogP contribution in [0.1, 0.15) is 5.56 Å². The van der Waals surface area contributed by atoms with Crippen molar-refractivity contribution in [3.05, 3.63) is 29.6 Å². The predicted octanol–water partition coefficient (Wildman–Crippen LogP) is 1.27. The number of hydroxylamine groups is 1. The third kappa shape index (κ3) is 4.47. The molecule has 1 rings (SSSR count).